The van der Waals surface area contributed by atoms with Crippen LogP contribution in [0.25, 0.3) is 0 Å². The quantitative estimate of drug-likeness (QED) is 0.651. The second kappa shape index (κ2) is 10.5. The van der Waals surface area contributed by atoms with Crippen molar-refractivity contribution in [2.24, 2.45) is 0 Å². The summed E-state index contributed by atoms with van der Waals surface area (Å²) in [6.45, 7) is 8.35. The van der Waals surface area contributed by atoms with Crippen LogP contribution in [0.3, 0.4) is 0 Å². The van der Waals surface area contributed by atoms with Gasteiger partial charge in [0.25, 0.3) is 0 Å². The van der Waals surface area contributed by atoms with Crippen LogP contribution >= 0.6 is 36.6 Å². The van der Waals surface area contributed by atoms with Crippen LogP contribution in [-0.2, 0) is 0 Å². The third-order valence-corrected chi connectivity index (χ3v) is 4.23. The molecule has 1 aromatic carbocycles. The molecule has 0 bridgehead atoms. The molecule has 0 aliphatic carbocycles. The second-order valence-electron chi connectivity index (χ2n) is 4.60. The first-order chi connectivity index (χ1) is 8.85. The summed E-state index contributed by atoms with van der Waals surface area (Å²) in [5, 5.41) is 3.41. The Morgan fingerprint density at radius 2 is 1.85 bits per heavy atom. The van der Waals surface area contributed by atoms with Crippen molar-refractivity contribution in [2.75, 3.05) is 32.4 Å². The summed E-state index contributed by atoms with van der Waals surface area (Å²) in [5.41, 5.74) is 1.41. The summed E-state index contributed by atoms with van der Waals surface area (Å²) >= 11 is 1.79. The molecule has 1 aliphatic rings. The van der Waals surface area contributed by atoms with E-state index in [1.807, 2.05) is 6.08 Å². The molecular formula is C15H24Cl2N2S. The molecule has 1 atom stereocenters. The zero-order chi connectivity index (χ0) is 12.8. The molecule has 0 radical (unpaired) electrons. The van der Waals surface area contributed by atoms with Crippen molar-refractivity contribution >= 4 is 36.6 Å². The van der Waals surface area contributed by atoms with E-state index in [4.69, 9.17) is 0 Å². The van der Waals surface area contributed by atoms with Crippen LogP contribution < -0.4 is 5.32 Å². The van der Waals surface area contributed by atoms with Gasteiger partial charge in [-0.25, -0.2) is 0 Å². The topological polar surface area (TPSA) is 15.3 Å². The van der Waals surface area contributed by atoms with Crippen molar-refractivity contribution in [1.29, 1.82) is 0 Å². The molecule has 0 saturated carbocycles. The highest BCUT2D eigenvalue weighted by molar-refractivity contribution is 7.98. The molecule has 2 nitrogen and oxygen atoms in total. The number of rotatable bonds is 5. The fourth-order valence-corrected chi connectivity index (χ4v) is 2.88. The molecule has 1 fully saturated rings. The van der Waals surface area contributed by atoms with Crippen LogP contribution in [0.2, 0.25) is 0 Å². The zero-order valence-corrected chi connectivity index (χ0v) is 14.3. The number of hydrogen-bond acceptors (Lipinski definition) is 3. The molecule has 1 heterocycles. The summed E-state index contributed by atoms with van der Waals surface area (Å²) in [4.78, 5) is 3.89. The zero-order valence-electron chi connectivity index (χ0n) is 11.9. The Hall–Kier alpha value is -0.190. The predicted octanol–water partition coefficient (Wildman–Crippen LogP) is 3.77. The molecule has 1 saturated heterocycles. The number of halogens is 2. The van der Waals surface area contributed by atoms with E-state index in [1.165, 1.54) is 10.5 Å². The lowest BCUT2D eigenvalue weighted by molar-refractivity contribution is 0.174. The van der Waals surface area contributed by atoms with Crippen molar-refractivity contribution in [1.82, 2.24) is 10.2 Å². The lowest BCUT2D eigenvalue weighted by atomic mass is 10.0. The molecular weight excluding hydrogens is 311 g/mol. The number of thioether (sulfide) groups is 1. The van der Waals surface area contributed by atoms with Crippen LogP contribution in [0, 0.1) is 0 Å². The Morgan fingerprint density at radius 1 is 1.25 bits per heavy atom. The highest BCUT2D eigenvalue weighted by Crippen LogP contribution is 2.26. The Bertz CT molecular complexity index is 378. The van der Waals surface area contributed by atoms with Gasteiger partial charge in [-0.2, -0.15) is 0 Å². The maximum absolute atomic E-state index is 3.91. The van der Waals surface area contributed by atoms with Gasteiger partial charge in [0.05, 0.1) is 0 Å². The molecule has 20 heavy (non-hydrogen) atoms. The summed E-state index contributed by atoms with van der Waals surface area (Å²) in [7, 11) is 0. The van der Waals surface area contributed by atoms with Gasteiger partial charge in [-0.1, -0.05) is 18.2 Å². The standard InChI is InChI=1S/C15H22N2S.2ClH/c1-3-4-15(17-11-9-16-10-12-17)13-5-7-14(18-2)8-6-13;;/h3,5-8,15-16H,1,4,9-12H2,2H3;2*1H/t15-;;/m0../s1. The van der Waals surface area contributed by atoms with E-state index in [-0.39, 0.29) is 24.8 Å². The van der Waals surface area contributed by atoms with E-state index in [2.05, 4.69) is 47.3 Å². The minimum absolute atomic E-state index is 0. The average molecular weight is 335 g/mol. The van der Waals surface area contributed by atoms with Gasteiger partial charge in [-0.3, -0.25) is 4.90 Å². The highest BCUT2D eigenvalue weighted by Gasteiger charge is 2.20. The molecule has 114 valence electrons. The Kier molecular flexibility index (Phi) is 10.4. The Morgan fingerprint density at radius 3 is 2.35 bits per heavy atom. The van der Waals surface area contributed by atoms with Crippen LogP contribution in [0.5, 0.6) is 0 Å². The molecule has 1 N–H and O–H groups in total. The van der Waals surface area contributed by atoms with Gasteiger partial charge in [0.15, 0.2) is 0 Å². The normalized spacial score (nSPS) is 16.6. The van der Waals surface area contributed by atoms with Gasteiger partial charge in [0, 0.05) is 37.1 Å². The first-order valence-electron chi connectivity index (χ1n) is 6.54. The SMILES string of the molecule is C=CC[C@@H](c1ccc(SC)cc1)N1CCNCC1.Cl.Cl. The van der Waals surface area contributed by atoms with Gasteiger partial charge in [-0.05, 0) is 30.4 Å². The van der Waals surface area contributed by atoms with Crippen molar-refractivity contribution in [3.63, 3.8) is 0 Å². The van der Waals surface area contributed by atoms with Crippen LogP contribution in [0.4, 0.5) is 0 Å². The number of benzene rings is 1. The van der Waals surface area contributed by atoms with Crippen LogP contribution in [0.1, 0.15) is 18.0 Å². The van der Waals surface area contributed by atoms with Gasteiger partial charge in [-0.15, -0.1) is 43.2 Å². The molecule has 0 amide bonds. The molecule has 1 aromatic rings. The largest absolute Gasteiger partial charge is 0.314 e. The van der Waals surface area contributed by atoms with E-state index >= 15 is 0 Å². The van der Waals surface area contributed by atoms with E-state index in [0.29, 0.717) is 6.04 Å². The van der Waals surface area contributed by atoms with E-state index < -0.39 is 0 Å². The second-order valence-corrected chi connectivity index (χ2v) is 5.48. The molecule has 0 aromatic heterocycles. The summed E-state index contributed by atoms with van der Waals surface area (Å²) < 4.78 is 0. The molecule has 2 rings (SSSR count). The summed E-state index contributed by atoms with van der Waals surface area (Å²) in [5.74, 6) is 0. The predicted molar refractivity (Wildman–Crippen MR) is 94.7 cm³/mol. The fourth-order valence-electron chi connectivity index (χ4n) is 2.47. The molecule has 0 unspecified atom stereocenters. The monoisotopic (exact) mass is 334 g/mol. The summed E-state index contributed by atoms with van der Waals surface area (Å²) in [6.07, 6.45) is 5.18. The van der Waals surface area contributed by atoms with E-state index in [1.54, 1.807) is 11.8 Å². The van der Waals surface area contributed by atoms with Gasteiger partial charge >= 0.3 is 0 Å². The van der Waals surface area contributed by atoms with Gasteiger partial charge in [0.1, 0.15) is 0 Å². The Labute approximate surface area is 139 Å². The molecule has 1 aliphatic heterocycles. The van der Waals surface area contributed by atoms with E-state index in [0.717, 1.165) is 32.6 Å². The van der Waals surface area contributed by atoms with Crippen molar-refractivity contribution in [2.45, 2.75) is 17.4 Å². The van der Waals surface area contributed by atoms with Crippen molar-refractivity contribution < 1.29 is 0 Å². The first-order valence-corrected chi connectivity index (χ1v) is 7.77. The maximum atomic E-state index is 3.91. The third kappa shape index (κ3) is 5.30. The smallest absolute Gasteiger partial charge is 0.0383 e. The van der Waals surface area contributed by atoms with E-state index in [9.17, 15) is 0 Å². The summed E-state index contributed by atoms with van der Waals surface area (Å²) in [6, 6.07) is 9.46. The minimum Gasteiger partial charge on any atom is -0.314 e. The average Bonchev–Trinajstić information content (AvgIpc) is 2.46. The van der Waals surface area contributed by atoms with Crippen LogP contribution in [0.15, 0.2) is 41.8 Å². The molecule has 0 spiro atoms. The number of hydrogen-bond donors (Lipinski definition) is 1. The van der Waals surface area contributed by atoms with Gasteiger partial charge in [0.2, 0.25) is 0 Å². The lowest BCUT2D eigenvalue weighted by Crippen LogP contribution is -2.45. The van der Waals surface area contributed by atoms with Gasteiger partial charge < -0.3 is 5.32 Å². The number of piperazine rings is 1. The minimum atomic E-state index is 0. The van der Waals surface area contributed by atoms with Crippen LogP contribution in [-0.4, -0.2) is 37.3 Å². The Balaban J connectivity index is 0.00000180. The lowest BCUT2D eigenvalue weighted by Gasteiger charge is -2.34. The number of nitrogens with zero attached hydrogens (tertiary/aromatic N) is 1. The third-order valence-electron chi connectivity index (χ3n) is 3.48. The highest BCUT2D eigenvalue weighted by atomic mass is 35.5. The van der Waals surface area contributed by atoms with Crippen molar-refractivity contribution in [3.05, 3.63) is 42.5 Å². The first kappa shape index (κ1) is 19.8. The fraction of sp³-hybridized carbons (Fsp3) is 0.467. The molecule has 5 heteroatoms. The number of nitrogens with one attached hydrogen (secondary N) is 1. The maximum Gasteiger partial charge on any atom is 0.0383 e. The van der Waals surface area contributed by atoms with Crippen molar-refractivity contribution in [3.8, 4) is 0 Å².